The van der Waals surface area contributed by atoms with Crippen LogP contribution >= 0.6 is 0 Å². The molecule has 1 aliphatic rings. The molecule has 13 rings (SSSR count). The van der Waals surface area contributed by atoms with Gasteiger partial charge in [0.15, 0.2) is 0 Å². The summed E-state index contributed by atoms with van der Waals surface area (Å²) in [6, 6.07) is 88.9. The monoisotopic (exact) mass is 866 g/mol. The Morgan fingerprint density at radius 2 is 0.985 bits per heavy atom. The summed E-state index contributed by atoms with van der Waals surface area (Å²) in [6.07, 6.45) is 8.11. The Balaban J connectivity index is 0.944. The summed E-state index contributed by atoms with van der Waals surface area (Å²) in [5, 5.41) is 10.1. The molecule has 0 bridgehead atoms. The van der Waals surface area contributed by atoms with E-state index < -0.39 is 0 Å². The third-order valence-corrected chi connectivity index (χ3v) is 14.1. The molecule has 0 amide bonds. The van der Waals surface area contributed by atoms with E-state index in [4.69, 9.17) is 0 Å². The van der Waals surface area contributed by atoms with E-state index in [-0.39, 0.29) is 5.92 Å². The SMILES string of the molecule is C1=CC(N(c2ccc(-c3ccc(-c4cccc5ccccc45)cc3)cc2)c2ccc3c(ccc4ccccc43)c2)=CC(c2ccc(-c3ccccc3)c3c2c2ccccc2n3-c2ccccc2)C1. The molecule has 0 radical (unpaired) electrons. The van der Waals surface area contributed by atoms with Crippen molar-refractivity contribution in [3.05, 3.63) is 272 Å². The second kappa shape index (κ2) is 16.6. The van der Waals surface area contributed by atoms with Gasteiger partial charge in [0.2, 0.25) is 0 Å². The molecule has 320 valence electrons. The first-order valence-electron chi connectivity index (χ1n) is 23.7. The Morgan fingerprint density at radius 3 is 1.78 bits per heavy atom. The van der Waals surface area contributed by atoms with Crippen LogP contribution in [0.5, 0.6) is 0 Å². The smallest absolute Gasteiger partial charge is 0.0622 e. The molecule has 0 saturated heterocycles. The molecule has 1 aliphatic carbocycles. The molecule has 0 fully saturated rings. The fraction of sp³-hybridized carbons (Fsp3) is 0.0303. The van der Waals surface area contributed by atoms with Crippen molar-refractivity contribution in [2.24, 2.45) is 0 Å². The molecule has 1 heterocycles. The molecule has 0 aliphatic heterocycles. The number of fused-ring (bicyclic) bond motifs is 7. The number of anilines is 2. The number of para-hydroxylation sites is 2. The van der Waals surface area contributed by atoms with Crippen LogP contribution in [0.4, 0.5) is 11.4 Å². The van der Waals surface area contributed by atoms with Gasteiger partial charge in [0.1, 0.15) is 0 Å². The van der Waals surface area contributed by atoms with Gasteiger partial charge in [-0.3, -0.25) is 0 Å². The minimum Gasteiger partial charge on any atom is -0.311 e. The molecule has 2 heteroatoms. The number of hydrogen-bond donors (Lipinski definition) is 0. The lowest BCUT2D eigenvalue weighted by molar-refractivity contribution is 0.845. The molecule has 2 nitrogen and oxygen atoms in total. The number of rotatable bonds is 8. The van der Waals surface area contributed by atoms with Gasteiger partial charge in [-0.1, -0.05) is 212 Å². The zero-order valence-electron chi connectivity index (χ0n) is 37.5. The van der Waals surface area contributed by atoms with Crippen LogP contribution in [0.15, 0.2) is 267 Å². The molecule has 1 aromatic heterocycles. The average Bonchev–Trinajstić information content (AvgIpc) is 3.77. The second-order valence-electron chi connectivity index (χ2n) is 18.0. The topological polar surface area (TPSA) is 8.17 Å². The fourth-order valence-electron chi connectivity index (χ4n) is 10.9. The van der Waals surface area contributed by atoms with E-state index >= 15 is 0 Å². The molecule has 1 unspecified atom stereocenters. The Bertz CT molecular complexity index is 3910. The van der Waals surface area contributed by atoms with Gasteiger partial charge >= 0.3 is 0 Å². The van der Waals surface area contributed by atoms with Crippen LogP contribution in [-0.2, 0) is 0 Å². The standard InChI is InChI=1S/C66H46N2/c1-3-15-48(16-4-1)62-42-41-61(65-63-26-11-12-28-64(63)68(66(62)65)53-21-5-2-6-22-53)51-20-13-23-55(43-51)67(56-39-40-60-52(44-56)34-33-49-18-8-10-25-58(49)60)54-37-35-46(36-38-54)45-29-31-50(32-30-45)59-27-14-19-47-17-7-9-24-57(47)59/h1-19,21-44,51H,20H2. The van der Waals surface area contributed by atoms with Crippen molar-refractivity contribution >= 4 is 65.5 Å². The second-order valence-corrected chi connectivity index (χ2v) is 18.0. The molecule has 0 spiro atoms. The predicted molar refractivity (Wildman–Crippen MR) is 289 cm³/mol. The van der Waals surface area contributed by atoms with Crippen molar-refractivity contribution in [2.75, 3.05) is 4.90 Å². The first kappa shape index (κ1) is 39.6. The molecular weight excluding hydrogens is 821 g/mol. The number of benzene rings is 11. The summed E-state index contributed by atoms with van der Waals surface area (Å²) < 4.78 is 2.48. The lowest BCUT2D eigenvalue weighted by atomic mass is 9.86. The van der Waals surface area contributed by atoms with Crippen molar-refractivity contribution in [3.8, 4) is 39.1 Å². The van der Waals surface area contributed by atoms with Gasteiger partial charge in [-0.2, -0.15) is 0 Å². The Morgan fingerprint density at radius 1 is 0.397 bits per heavy atom. The minimum atomic E-state index is 0.128. The van der Waals surface area contributed by atoms with E-state index in [0.717, 1.165) is 29.2 Å². The highest BCUT2D eigenvalue weighted by atomic mass is 15.1. The van der Waals surface area contributed by atoms with E-state index in [1.807, 2.05) is 0 Å². The highest BCUT2D eigenvalue weighted by molar-refractivity contribution is 6.16. The summed E-state index contributed by atoms with van der Waals surface area (Å²) in [5.74, 6) is 0.128. The highest BCUT2D eigenvalue weighted by Crippen LogP contribution is 2.45. The number of nitrogens with zero attached hydrogens (tertiary/aromatic N) is 2. The summed E-state index contributed by atoms with van der Waals surface area (Å²) >= 11 is 0. The quantitative estimate of drug-likeness (QED) is 0.138. The van der Waals surface area contributed by atoms with Crippen molar-refractivity contribution in [1.82, 2.24) is 4.57 Å². The van der Waals surface area contributed by atoms with Gasteiger partial charge in [-0.15, -0.1) is 0 Å². The largest absolute Gasteiger partial charge is 0.311 e. The number of allylic oxidation sites excluding steroid dienone is 3. The van der Waals surface area contributed by atoms with Gasteiger partial charge in [-0.25, -0.2) is 0 Å². The van der Waals surface area contributed by atoms with Gasteiger partial charge in [0, 0.05) is 45.0 Å². The Labute approximate surface area is 396 Å². The van der Waals surface area contributed by atoms with Gasteiger partial charge in [-0.05, 0) is 121 Å². The maximum absolute atomic E-state index is 2.51. The maximum atomic E-state index is 2.51. The summed E-state index contributed by atoms with van der Waals surface area (Å²) in [5.41, 5.74) is 15.6. The molecule has 0 saturated carbocycles. The number of hydrogen-bond acceptors (Lipinski definition) is 1. The predicted octanol–water partition coefficient (Wildman–Crippen LogP) is 18.0. The van der Waals surface area contributed by atoms with E-state index in [9.17, 15) is 0 Å². The van der Waals surface area contributed by atoms with Crippen LogP contribution in [0.3, 0.4) is 0 Å². The molecule has 0 N–H and O–H groups in total. The zero-order chi connectivity index (χ0) is 45.0. The van der Waals surface area contributed by atoms with Gasteiger partial charge < -0.3 is 9.47 Å². The minimum absolute atomic E-state index is 0.128. The van der Waals surface area contributed by atoms with Crippen LogP contribution < -0.4 is 4.90 Å². The van der Waals surface area contributed by atoms with E-state index in [1.165, 1.54) is 93.1 Å². The van der Waals surface area contributed by atoms with Crippen LogP contribution in [-0.4, -0.2) is 4.57 Å². The van der Waals surface area contributed by atoms with Crippen molar-refractivity contribution in [3.63, 3.8) is 0 Å². The first-order valence-corrected chi connectivity index (χ1v) is 23.7. The number of aromatic nitrogens is 1. The van der Waals surface area contributed by atoms with Crippen LogP contribution in [0, 0.1) is 0 Å². The first-order chi connectivity index (χ1) is 33.7. The lowest BCUT2D eigenvalue weighted by Crippen LogP contribution is -2.18. The van der Waals surface area contributed by atoms with Crippen molar-refractivity contribution in [1.29, 1.82) is 0 Å². The summed E-state index contributed by atoms with van der Waals surface area (Å²) in [7, 11) is 0. The van der Waals surface area contributed by atoms with E-state index in [0.29, 0.717) is 0 Å². The summed E-state index contributed by atoms with van der Waals surface area (Å²) in [6.45, 7) is 0. The average molecular weight is 867 g/mol. The Hall–Kier alpha value is -8.72. The van der Waals surface area contributed by atoms with Crippen LogP contribution in [0.25, 0.3) is 93.2 Å². The van der Waals surface area contributed by atoms with Crippen LogP contribution in [0.2, 0.25) is 0 Å². The molecule has 11 aromatic carbocycles. The lowest BCUT2D eigenvalue weighted by Gasteiger charge is -2.30. The van der Waals surface area contributed by atoms with Crippen LogP contribution in [0.1, 0.15) is 17.9 Å². The normalized spacial score (nSPS) is 13.7. The molecular formula is C66H46N2. The van der Waals surface area contributed by atoms with Crippen molar-refractivity contribution < 1.29 is 0 Å². The van der Waals surface area contributed by atoms with Gasteiger partial charge in [0.25, 0.3) is 0 Å². The molecule has 1 atom stereocenters. The Kier molecular flexibility index (Phi) is 9.68. The van der Waals surface area contributed by atoms with Crippen molar-refractivity contribution in [2.45, 2.75) is 12.3 Å². The molecule has 68 heavy (non-hydrogen) atoms. The third-order valence-electron chi connectivity index (χ3n) is 14.1. The van der Waals surface area contributed by atoms with E-state index in [2.05, 4.69) is 270 Å². The summed E-state index contributed by atoms with van der Waals surface area (Å²) in [4.78, 5) is 2.45. The van der Waals surface area contributed by atoms with Gasteiger partial charge in [0.05, 0.1) is 11.0 Å². The van der Waals surface area contributed by atoms with E-state index in [1.54, 1.807) is 0 Å². The third kappa shape index (κ3) is 6.81. The maximum Gasteiger partial charge on any atom is 0.0622 e. The molecule has 12 aromatic rings. The zero-order valence-corrected chi connectivity index (χ0v) is 37.5. The highest BCUT2D eigenvalue weighted by Gasteiger charge is 2.25. The fourth-order valence-corrected chi connectivity index (χ4v) is 10.9.